The minimum atomic E-state index is -0.100. The Morgan fingerprint density at radius 2 is 2.17 bits per heavy atom. The van der Waals surface area contributed by atoms with Crippen LogP contribution in [0, 0.1) is 28.6 Å². The maximum Gasteiger partial charge on any atom is 0.0669 e. The molecule has 1 rings (SSSR count). The van der Waals surface area contributed by atoms with Crippen LogP contribution in [0.4, 0.5) is 0 Å². The van der Waals surface area contributed by atoms with E-state index >= 15 is 0 Å². The third-order valence-corrected chi connectivity index (χ3v) is 3.14. The predicted octanol–water partition coefficient (Wildman–Crippen LogP) is 1.87. The summed E-state index contributed by atoms with van der Waals surface area (Å²) in [6, 6.07) is 6.66. The SMILES string of the molecule is C[C@H](NC[C@@H](C#N)CCC#N)[C@H](C)n1cccn1. The van der Waals surface area contributed by atoms with Gasteiger partial charge in [0.25, 0.3) is 0 Å². The number of nitriles is 2. The Bertz CT molecular complexity index is 412. The lowest BCUT2D eigenvalue weighted by molar-refractivity contribution is 0.352. The van der Waals surface area contributed by atoms with E-state index in [1.165, 1.54) is 0 Å². The molecule has 0 aliphatic carbocycles. The van der Waals surface area contributed by atoms with Crippen LogP contribution in [0.5, 0.6) is 0 Å². The lowest BCUT2D eigenvalue weighted by atomic mass is 10.0. The molecule has 5 nitrogen and oxygen atoms in total. The molecule has 0 spiro atoms. The molecule has 0 saturated carbocycles. The highest BCUT2D eigenvalue weighted by atomic mass is 15.3. The number of nitrogens with one attached hydrogen (secondary N) is 1. The van der Waals surface area contributed by atoms with Crippen LogP contribution >= 0.6 is 0 Å². The van der Waals surface area contributed by atoms with Gasteiger partial charge in [0.2, 0.25) is 0 Å². The van der Waals surface area contributed by atoms with Crippen LogP contribution in [0.2, 0.25) is 0 Å². The first-order valence-electron chi connectivity index (χ1n) is 6.18. The van der Waals surface area contributed by atoms with E-state index in [-0.39, 0.29) is 18.0 Å². The van der Waals surface area contributed by atoms with E-state index in [4.69, 9.17) is 10.5 Å². The Labute approximate surface area is 108 Å². The molecule has 0 saturated heterocycles. The molecular formula is C13H19N5. The molecule has 0 aromatic carbocycles. The number of aromatic nitrogens is 2. The third-order valence-electron chi connectivity index (χ3n) is 3.14. The second-order valence-electron chi connectivity index (χ2n) is 4.45. The molecule has 0 unspecified atom stereocenters. The summed E-state index contributed by atoms with van der Waals surface area (Å²) in [5, 5.41) is 25.0. The molecule has 0 radical (unpaired) electrons. The van der Waals surface area contributed by atoms with E-state index in [1.54, 1.807) is 6.20 Å². The van der Waals surface area contributed by atoms with Gasteiger partial charge in [-0.25, -0.2) is 0 Å². The minimum Gasteiger partial charge on any atom is -0.311 e. The normalized spacial score (nSPS) is 15.3. The average molecular weight is 245 g/mol. The van der Waals surface area contributed by atoms with Gasteiger partial charge in [0, 0.05) is 31.4 Å². The van der Waals surface area contributed by atoms with Crippen LogP contribution in [0.25, 0.3) is 0 Å². The molecule has 1 aromatic heterocycles. The van der Waals surface area contributed by atoms with Crippen LogP contribution in [0.15, 0.2) is 18.5 Å². The summed E-state index contributed by atoms with van der Waals surface area (Å²) >= 11 is 0. The summed E-state index contributed by atoms with van der Waals surface area (Å²) in [5.74, 6) is -0.100. The van der Waals surface area contributed by atoms with Crippen molar-refractivity contribution in [1.82, 2.24) is 15.1 Å². The molecular weight excluding hydrogens is 226 g/mol. The molecule has 1 heterocycles. The Hall–Kier alpha value is -1.85. The summed E-state index contributed by atoms with van der Waals surface area (Å²) in [5.41, 5.74) is 0. The Balaban J connectivity index is 2.38. The maximum absolute atomic E-state index is 8.97. The standard InChI is InChI=1S/C13H19N5/c1-11(12(2)18-8-4-7-17-18)16-10-13(9-15)5-3-6-14/h4,7-8,11-13,16H,3,5,10H2,1-2H3/t11-,12-,13+/m0/s1. The molecule has 0 aliphatic heterocycles. The monoisotopic (exact) mass is 245 g/mol. The van der Waals surface area contributed by atoms with Crippen LogP contribution in [0.3, 0.4) is 0 Å². The molecule has 3 atom stereocenters. The van der Waals surface area contributed by atoms with Gasteiger partial charge in [0.05, 0.1) is 24.1 Å². The average Bonchev–Trinajstić information content (AvgIpc) is 2.91. The molecule has 0 amide bonds. The van der Waals surface area contributed by atoms with Gasteiger partial charge in [-0.1, -0.05) is 0 Å². The Morgan fingerprint density at radius 1 is 1.39 bits per heavy atom. The van der Waals surface area contributed by atoms with Gasteiger partial charge in [0.1, 0.15) is 0 Å². The Kier molecular flexibility index (Phi) is 5.90. The van der Waals surface area contributed by atoms with E-state index in [1.807, 2.05) is 16.9 Å². The van der Waals surface area contributed by atoms with Gasteiger partial charge in [0.15, 0.2) is 0 Å². The Morgan fingerprint density at radius 3 is 2.72 bits per heavy atom. The van der Waals surface area contributed by atoms with Crippen molar-refractivity contribution in [1.29, 1.82) is 10.5 Å². The fourth-order valence-corrected chi connectivity index (χ4v) is 1.70. The highest BCUT2D eigenvalue weighted by Crippen LogP contribution is 2.10. The van der Waals surface area contributed by atoms with Crippen molar-refractivity contribution in [3.05, 3.63) is 18.5 Å². The van der Waals surface area contributed by atoms with Crippen LogP contribution in [0.1, 0.15) is 32.7 Å². The largest absolute Gasteiger partial charge is 0.311 e. The number of rotatable bonds is 7. The van der Waals surface area contributed by atoms with Gasteiger partial charge < -0.3 is 5.32 Å². The maximum atomic E-state index is 8.97. The highest BCUT2D eigenvalue weighted by Gasteiger charge is 2.15. The fraction of sp³-hybridized carbons (Fsp3) is 0.615. The zero-order valence-corrected chi connectivity index (χ0v) is 10.9. The summed E-state index contributed by atoms with van der Waals surface area (Å²) in [6.45, 7) is 4.78. The van der Waals surface area contributed by atoms with Crippen LogP contribution < -0.4 is 5.32 Å². The van der Waals surface area contributed by atoms with Gasteiger partial charge >= 0.3 is 0 Å². The second-order valence-corrected chi connectivity index (χ2v) is 4.45. The van der Waals surface area contributed by atoms with Crippen LogP contribution in [-0.2, 0) is 0 Å². The van der Waals surface area contributed by atoms with Gasteiger partial charge in [-0.2, -0.15) is 15.6 Å². The van der Waals surface area contributed by atoms with Crippen molar-refractivity contribution in [2.45, 2.75) is 38.8 Å². The lowest BCUT2D eigenvalue weighted by Gasteiger charge is -2.22. The summed E-state index contributed by atoms with van der Waals surface area (Å²) in [7, 11) is 0. The zero-order chi connectivity index (χ0) is 13.4. The number of hydrogen-bond donors (Lipinski definition) is 1. The summed E-state index contributed by atoms with van der Waals surface area (Å²) < 4.78 is 1.90. The summed E-state index contributed by atoms with van der Waals surface area (Å²) in [4.78, 5) is 0. The van der Waals surface area contributed by atoms with Gasteiger partial charge in [-0.3, -0.25) is 4.68 Å². The van der Waals surface area contributed by atoms with E-state index in [2.05, 4.69) is 36.4 Å². The van der Waals surface area contributed by atoms with Gasteiger partial charge in [-0.05, 0) is 26.3 Å². The van der Waals surface area contributed by atoms with Crippen molar-refractivity contribution in [2.75, 3.05) is 6.54 Å². The lowest BCUT2D eigenvalue weighted by Crippen LogP contribution is -2.36. The number of hydrogen-bond acceptors (Lipinski definition) is 4. The van der Waals surface area contributed by atoms with Crippen LogP contribution in [-0.4, -0.2) is 22.4 Å². The smallest absolute Gasteiger partial charge is 0.0669 e. The van der Waals surface area contributed by atoms with Crippen molar-refractivity contribution in [2.24, 2.45) is 5.92 Å². The van der Waals surface area contributed by atoms with E-state index in [0.717, 1.165) is 0 Å². The number of nitrogens with zero attached hydrogens (tertiary/aromatic N) is 4. The van der Waals surface area contributed by atoms with Crippen molar-refractivity contribution < 1.29 is 0 Å². The van der Waals surface area contributed by atoms with Crippen molar-refractivity contribution in [3.63, 3.8) is 0 Å². The van der Waals surface area contributed by atoms with E-state index in [9.17, 15) is 0 Å². The second kappa shape index (κ2) is 7.47. The molecule has 18 heavy (non-hydrogen) atoms. The molecule has 1 N–H and O–H groups in total. The molecule has 1 aromatic rings. The molecule has 5 heteroatoms. The van der Waals surface area contributed by atoms with E-state index < -0.39 is 0 Å². The van der Waals surface area contributed by atoms with Crippen molar-refractivity contribution in [3.8, 4) is 12.1 Å². The van der Waals surface area contributed by atoms with Gasteiger partial charge in [-0.15, -0.1) is 0 Å². The molecule has 96 valence electrons. The minimum absolute atomic E-state index is 0.100. The molecule has 0 fully saturated rings. The predicted molar refractivity (Wildman–Crippen MR) is 68.4 cm³/mol. The third kappa shape index (κ3) is 4.20. The first kappa shape index (κ1) is 14.2. The zero-order valence-electron chi connectivity index (χ0n) is 10.9. The summed E-state index contributed by atoms with van der Waals surface area (Å²) in [6.07, 6.45) is 4.75. The first-order valence-corrected chi connectivity index (χ1v) is 6.18. The van der Waals surface area contributed by atoms with E-state index in [0.29, 0.717) is 19.4 Å². The topological polar surface area (TPSA) is 77.4 Å². The quantitative estimate of drug-likeness (QED) is 0.795. The molecule has 0 bridgehead atoms. The highest BCUT2D eigenvalue weighted by molar-refractivity contribution is 4.89. The molecule has 0 aliphatic rings. The fourth-order valence-electron chi connectivity index (χ4n) is 1.70. The first-order chi connectivity index (χ1) is 8.69. The van der Waals surface area contributed by atoms with Crippen molar-refractivity contribution >= 4 is 0 Å².